The van der Waals surface area contributed by atoms with Crippen LogP contribution in [0.2, 0.25) is 0 Å². The average molecular weight is 298 g/mol. The minimum Gasteiger partial charge on any atom is -0.466 e. The van der Waals surface area contributed by atoms with Gasteiger partial charge in [0.2, 0.25) is 0 Å². The minimum atomic E-state index is -5.08. The van der Waals surface area contributed by atoms with E-state index >= 15 is 0 Å². The number of alkyl halides is 5. The Morgan fingerprint density at radius 3 is 2.50 bits per heavy atom. The Kier molecular flexibility index (Phi) is 4.85. The number of halogens is 5. The number of hydrogen-bond donors (Lipinski definition) is 1. The molecular formula is C11H11F5N2O2. The van der Waals surface area contributed by atoms with Crippen LogP contribution < -0.4 is 5.73 Å². The van der Waals surface area contributed by atoms with Crippen molar-refractivity contribution >= 4 is 11.8 Å². The molecule has 4 nitrogen and oxygen atoms in total. The van der Waals surface area contributed by atoms with Gasteiger partial charge in [0.1, 0.15) is 5.82 Å². The van der Waals surface area contributed by atoms with E-state index in [1.165, 1.54) is 6.92 Å². The lowest BCUT2D eigenvalue weighted by Crippen LogP contribution is -2.19. The van der Waals surface area contributed by atoms with Crippen LogP contribution in [0.3, 0.4) is 0 Å². The first kappa shape index (κ1) is 16.1. The van der Waals surface area contributed by atoms with Gasteiger partial charge in [0.05, 0.1) is 18.6 Å². The molecule has 20 heavy (non-hydrogen) atoms. The number of pyridine rings is 1. The van der Waals surface area contributed by atoms with Crippen LogP contribution in [0.4, 0.5) is 27.8 Å². The predicted molar refractivity (Wildman–Crippen MR) is 58.9 cm³/mol. The first-order valence-corrected chi connectivity index (χ1v) is 5.46. The molecule has 0 atom stereocenters. The third-order valence-corrected chi connectivity index (χ3v) is 2.39. The third-order valence-electron chi connectivity index (χ3n) is 2.39. The van der Waals surface area contributed by atoms with Crippen LogP contribution >= 0.6 is 0 Å². The summed E-state index contributed by atoms with van der Waals surface area (Å²) in [6.45, 7) is 1.40. The number of carbonyl (C=O) groups excluding carboxylic acids is 1. The number of aromatic nitrogens is 1. The van der Waals surface area contributed by atoms with Crippen molar-refractivity contribution in [3.05, 3.63) is 22.9 Å². The van der Waals surface area contributed by atoms with E-state index in [0.29, 0.717) is 6.20 Å². The number of nitrogens with two attached hydrogens (primary N) is 1. The van der Waals surface area contributed by atoms with Gasteiger partial charge in [-0.15, -0.1) is 0 Å². The average Bonchev–Trinajstić information content (AvgIpc) is 2.29. The lowest BCUT2D eigenvalue weighted by atomic mass is 10.0. The summed E-state index contributed by atoms with van der Waals surface area (Å²) < 4.78 is 68.6. The molecule has 2 N–H and O–H groups in total. The fourth-order valence-electron chi connectivity index (χ4n) is 1.62. The van der Waals surface area contributed by atoms with E-state index < -0.39 is 47.5 Å². The van der Waals surface area contributed by atoms with Crippen molar-refractivity contribution in [1.29, 1.82) is 0 Å². The van der Waals surface area contributed by atoms with Crippen LogP contribution in [-0.2, 0) is 22.1 Å². The van der Waals surface area contributed by atoms with E-state index in [1.807, 2.05) is 0 Å². The number of esters is 1. The fraction of sp³-hybridized carbons (Fsp3) is 0.455. The van der Waals surface area contributed by atoms with E-state index in [1.54, 1.807) is 0 Å². The van der Waals surface area contributed by atoms with Crippen LogP contribution in [0.5, 0.6) is 0 Å². The SMILES string of the molecule is CCOC(=O)Cc1c(N)ncc(C(F)F)c1C(F)(F)F. The molecule has 0 radical (unpaired) electrons. The minimum absolute atomic E-state index is 0.0535. The van der Waals surface area contributed by atoms with Crippen molar-refractivity contribution < 1.29 is 31.5 Å². The highest BCUT2D eigenvalue weighted by Crippen LogP contribution is 2.40. The summed E-state index contributed by atoms with van der Waals surface area (Å²) in [5.41, 5.74) is 1.52. The molecule has 0 fully saturated rings. The molecule has 0 aliphatic rings. The lowest BCUT2D eigenvalue weighted by Gasteiger charge is -2.17. The van der Waals surface area contributed by atoms with E-state index in [9.17, 15) is 26.7 Å². The van der Waals surface area contributed by atoms with E-state index in [0.717, 1.165) is 0 Å². The van der Waals surface area contributed by atoms with Crippen LogP contribution in [-0.4, -0.2) is 17.6 Å². The maximum atomic E-state index is 12.9. The molecule has 0 spiro atoms. The van der Waals surface area contributed by atoms with E-state index in [2.05, 4.69) is 9.72 Å². The van der Waals surface area contributed by atoms with Crippen molar-refractivity contribution in [2.24, 2.45) is 0 Å². The zero-order valence-corrected chi connectivity index (χ0v) is 10.3. The van der Waals surface area contributed by atoms with Gasteiger partial charge < -0.3 is 10.5 Å². The highest BCUT2D eigenvalue weighted by molar-refractivity contribution is 5.75. The molecule has 0 bridgehead atoms. The summed E-state index contributed by atoms with van der Waals surface area (Å²) >= 11 is 0. The molecule has 9 heteroatoms. The molecule has 112 valence electrons. The molecule has 0 unspecified atom stereocenters. The van der Waals surface area contributed by atoms with E-state index in [4.69, 9.17) is 5.73 Å². The molecule has 0 aliphatic carbocycles. The Morgan fingerprint density at radius 1 is 1.45 bits per heavy atom. The van der Waals surface area contributed by atoms with Gasteiger partial charge in [-0.1, -0.05) is 0 Å². The Labute approximate surface area is 110 Å². The number of ether oxygens (including phenoxy) is 1. The van der Waals surface area contributed by atoms with Crippen molar-refractivity contribution in [3.63, 3.8) is 0 Å². The molecule has 1 rings (SSSR count). The maximum Gasteiger partial charge on any atom is 0.417 e. The summed E-state index contributed by atoms with van der Waals surface area (Å²) in [7, 11) is 0. The van der Waals surface area contributed by atoms with Crippen LogP contribution in [0.15, 0.2) is 6.20 Å². The van der Waals surface area contributed by atoms with Crippen molar-refractivity contribution in [2.75, 3.05) is 12.3 Å². The predicted octanol–water partition coefficient (Wildman–Crippen LogP) is 2.73. The quantitative estimate of drug-likeness (QED) is 0.685. The molecule has 0 aliphatic heterocycles. The van der Waals surface area contributed by atoms with E-state index in [-0.39, 0.29) is 6.61 Å². The van der Waals surface area contributed by atoms with Crippen LogP contribution in [0.25, 0.3) is 0 Å². The maximum absolute atomic E-state index is 12.9. The second kappa shape index (κ2) is 6.02. The number of nitrogens with zero attached hydrogens (tertiary/aromatic N) is 1. The molecular weight excluding hydrogens is 287 g/mol. The zero-order chi connectivity index (χ0) is 15.5. The van der Waals surface area contributed by atoms with Crippen molar-refractivity contribution in [2.45, 2.75) is 25.9 Å². The summed E-state index contributed by atoms with van der Waals surface area (Å²) in [6, 6.07) is 0. The van der Waals surface area contributed by atoms with Crippen LogP contribution in [0, 0.1) is 0 Å². The number of anilines is 1. The van der Waals surface area contributed by atoms with Gasteiger partial charge in [-0.25, -0.2) is 13.8 Å². The molecule has 0 saturated heterocycles. The lowest BCUT2D eigenvalue weighted by molar-refractivity contribution is -0.144. The monoisotopic (exact) mass is 298 g/mol. The Balaban J connectivity index is 3.40. The molecule has 1 aromatic rings. The molecule has 0 saturated carbocycles. The summed E-state index contributed by atoms with van der Waals surface area (Å²) in [5.74, 6) is -1.63. The topological polar surface area (TPSA) is 65.2 Å². The smallest absolute Gasteiger partial charge is 0.417 e. The normalized spacial score (nSPS) is 11.8. The summed E-state index contributed by atoms with van der Waals surface area (Å²) in [5, 5.41) is 0. The number of rotatable bonds is 4. The summed E-state index contributed by atoms with van der Waals surface area (Å²) in [4.78, 5) is 14.5. The number of carbonyl (C=O) groups is 1. The second-order valence-corrected chi connectivity index (χ2v) is 3.73. The Bertz CT molecular complexity index is 502. The van der Waals surface area contributed by atoms with Crippen molar-refractivity contribution in [1.82, 2.24) is 4.98 Å². The van der Waals surface area contributed by atoms with Gasteiger partial charge in [-0.2, -0.15) is 13.2 Å². The first-order valence-electron chi connectivity index (χ1n) is 5.46. The van der Waals surface area contributed by atoms with Gasteiger partial charge in [0, 0.05) is 17.3 Å². The van der Waals surface area contributed by atoms with Gasteiger partial charge >= 0.3 is 12.1 Å². The Morgan fingerprint density at radius 2 is 2.05 bits per heavy atom. The van der Waals surface area contributed by atoms with Gasteiger partial charge in [0.15, 0.2) is 0 Å². The second-order valence-electron chi connectivity index (χ2n) is 3.73. The molecule has 0 aromatic carbocycles. The molecule has 1 heterocycles. The molecule has 1 aromatic heterocycles. The third kappa shape index (κ3) is 3.55. The zero-order valence-electron chi connectivity index (χ0n) is 10.3. The summed E-state index contributed by atoms with van der Waals surface area (Å²) in [6.07, 6.45) is -8.98. The molecule has 0 amide bonds. The standard InChI is InChI=1S/C11H11F5N2O2/c1-2-20-7(19)3-5-8(11(14,15)16)6(9(12)13)4-18-10(5)17/h4,9H,2-3H2,1H3,(H2,17,18). The first-order chi connectivity index (χ1) is 9.18. The van der Waals surface area contributed by atoms with Gasteiger partial charge in [-0.05, 0) is 6.92 Å². The highest BCUT2D eigenvalue weighted by atomic mass is 19.4. The van der Waals surface area contributed by atoms with Crippen LogP contribution in [0.1, 0.15) is 30.0 Å². The van der Waals surface area contributed by atoms with Crippen molar-refractivity contribution in [3.8, 4) is 0 Å². The Hall–Kier alpha value is -1.93. The number of nitrogen functional groups attached to an aromatic ring is 1. The van der Waals surface area contributed by atoms with Gasteiger partial charge in [-0.3, -0.25) is 4.79 Å². The fourth-order valence-corrected chi connectivity index (χ4v) is 1.62. The largest absolute Gasteiger partial charge is 0.466 e. The highest BCUT2D eigenvalue weighted by Gasteiger charge is 2.40. The number of hydrogen-bond acceptors (Lipinski definition) is 4. The van der Waals surface area contributed by atoms with Gasteiger partial charge in [0.25, 0.3) is 6.43 Å².